The molecule has 1 aliphatic rings. The van der Waals surface area contributed by atoms with Crippen LogP contribution in [0.1, 0.15) is 42.4 Å². The standard InChI is InChI=1S/C14H21NO/c1-10-3-4-12(9-11(10)2)14(15)7-5-13(16)6-8-14/h3-4,9,13,16H,5-8,15H2,1-2H3. The van der Waals surface area contributed by atoms with Crippen LogP contribution < -0.4 is 5.73 Å². The van der Waals surface area contributed by atoms with E-state index < -0.39 is 0 Å². The largest absolute Gasteiger partial charge is 0.393 e. The smallest absolute Gasteiger partial charge is 0.0541 e. The third kappa shape index (κ3) is 2.13. The van der Waals surface area contributed by atoms with Gasteiger partial charge in [-0.1, -0.05) is 18.2 Å². The van der Waals surface area contributed by atoms with Crippen molar-refractivity contribution in [3.8, 4) is 0 Å². The zero-order valence-electron chi connectivity index (χ0n) is 10.2. The SMILES string of the molecule is Cc1ccc(C2(N)CCC(O)CC2)cc1C. The van der Waals surface area contributed by atoms with E-state index in [0.717, 1.165) is 25.7 Å². The van der Waals surface area contributed by atoms with Gasteiger partial charge in [-0.05, 0) is 56.2 Å². The molecule has 0 atom stereocenters. The lowest BCUT2D eigenvalue weighted by atomic mass is 9.76. The lowest BCUT2D eigenvalue weighted by molar-refractivity contribution is 0.0969. The van der Waals surface area contributed by atoms with Crippen molar-refractivity contribution >= 4 is 0 Å². The Hall–Kier alpha value is -0.860. The Morgan fingerprint density at radius 1 is 1.19 bits per heavy atom. The number of nitrogens with two attached hydrogens (primary N) is 1. The molecule has 0 heterocycles. The van der Waals surface area contributed by atoms with E-state index in [9.17, 15) is 5.11 Å². The fourth-order valence-electron chi connectivity index (χ4n) is 2.46. The maximum atomic E-state index is 9.53. The highest BCUT2D eigenvalue weighted by molar-refractivity contribution is 5.34. The molecule has 1 fully saturated rings. The molecule has 1 aromatic carbocycles. The molecule has 1 aromatic rings. The van der Waals surface area contributed by atoms with Crippen molar-refractivity contribution in [3.05, 3.63) is 34.9 Å². The van der Waals surface area contributed by atoms with Gasteiger partial charge in [-0.15, -0.1) is 0 Å². The Kier molecular flexibility index (Phi) is 3.04. The Bertz CT molecular complexity index is 378. The van der Waals surface area contributed by atoms with Gasteiger partial charge >= 0.3 is 0 Å². The normalized spacial score (nSPS) is 30.4. The van der Waals surface area contributed by atoms with Gasteiger partial charge in [-0.25, -0.2) is 0 Å². The minimum atomic E-state index is -0.225. The van der Waals surface area contributed by atoms with Crippen molar-refractivity contribution in [2.45, 2.75) is 51.2 Å². The van der Waals surface area contributed by atoms with Crippen LogP contribution >= 0.6 is 0 Å². The van der Waals surface area contributed by atoms with Crippen molar-refractivity contribution in [3.63, 3.8) is 0 Å². The summed E-state index contributed by atoms with van der Waals surface area (Å²) in [5, 5.41) is 9.53. The quantitative estimate of drug-likeness (QED) is 0.762. The van der Waals surface area contributed by atoms with Crippen LogP contribution in [0.4, 0.5) is 0 Å². The zero-order valence-corrected chi connectivity index (χ0v) is 10.2. The Labute approximate surface area is 97.5 Å². The van der Waals surface area contributed by atoms with Crippen LogP contribution in [0.25, 0.3) is 0 Å². The van der Waals surface area contributed by atoms with E-state index in [0.29, 0.717) is 0 Å². The van der Waals surface area contributed by atoms with Crippen LogP contribution in [-0.4, -0.2) is 11.2 Å². The fourth-order valence-corrected chi connectivity index (χ4v) is 2.46. The van der Waals surface area contributed by atoms with Crippen molar-refractivity contribution < 1.29 is 5.11 Å². The number of aliphatic hydroxyl groups is 1. The first-order valence-corrected chi connectivity index (χ1v) is 6.06. The van der Waals surface area contributed by atoms with E-state index in [4.69, 9.17) is 5.73 Å². The molecule has 0 bridgehead atoms. The molecule has 2 nitrogen and oxygen atoms in total. The van der Waals surface area contributed by atoms with Crippen molar-refractivity contribution in [2.24, 2.45) is 5.73 Å². The molecule has 0 aromatic heterocycles. The average molecular weight is 219 g/mol. The topological polar surface area (TPSA) is 46.2 Å². The summed E-state index contributed by atoms with van der Waals surface area (Å²) in [5.41, 5.74) is 10.1. The van der Waals surface area contributed by atoms with Crippen molar-refractivity contribution in [1.29, 1.82) is 0 Å². The Morgan fingerprint density at radius 3 is 2.38 bits per heavy atom. The first-order valence-electron chi connectivity index (χ1n) is 6.06. The van der Waals surface area contributed by atoms with E-state index in [2.05, 4.69) is 32.0 Å². The molecule has 0 unspecified atom stereocenters. The summed E-state index contributed by atoms with van der Waals surface area (Å²) in [6, 6.07) is 6.48. The van der Waals surface area contributed by atoms with Gasteiger partial charge in [0.25, 0.3) is 0 Å². The van der Waals surface area contributed by atoms with Crippen molar-refractivity contribution in [1.82, 2.24) is 0 Å². The Balaban J connectivity index is 2.25. The van der Waals surface area contributed by atoms with Crippen LogP contribution in [-0.2, 0) is 5.54 Å². The highest BCUT2D eigenvalue weighted by atomic mass is 16.3. The predicted molar refractivity (Wildman–Crippen MR) is 66.3 cm³/mol. The van der Waals surface area contributed by atoms with Crippen LogP contribution in [0, 0.1) is 13.8 Å². The molecule has 0 amide bonds. The second kappa shape index (κ2) is 4.19. The van der Waals surface area contributed by atoms with Gasteiger partial charge in [0, 0.05) is 5.54 Å². The molecule has 16 heavy (non-hydrogen) atoms. The molecule has 2 heteroatoms. The maximum absolute atomic E-state index is 9.53. The van der Waals surface area contributed by atoms with Gasteiger partial charge in [-0.3, -0.25) is 0 Å². The molecule has 0 spiro atoms. The number of aliphatic hydroxyl groups excluding tert-OH is 1. The van der Waals surface area contributed by atoms with Gasteiger partial charge in [-0.2, -0.15) is 0 Å². The monoisotopic (exact) mass is 219 g/mol. The second-order valence-electron chi connectivity index (χ2n) is 5.19. The zero-order chi connectivity index (χ0) is 11.8. The highest BCUT2D eigenvalue weighted by Gasteiger charge is 2.32. The van der Waals surface area contributed by atoms with Crippen LogP contribution in [0.3, 0.4) is 0 Å². The number of hydrogen-bond donors (Lipinski definition) is 2. The van der Waals surface area contributed by atoms with Gasteiger partial charge in [0.15, 0.2) is 0 Å². The molecule has 2 rings (SSSR count). The van der Waals surface area contributed by atoms with Gasteiger partial charge in [0.2, 0.25) is 0 Å². The summed E-state index contributed by atoms with van der Waals surface area (Å²) in [7, 11) is 0. The van der Waals surface area contributed by atoms with E-state index in [1.165, 1.54) is 16.7 Å². The third-order valence-corrected chi connectivity index (χ3v) is 3.93. The average Bonchev–Trinajstić information content (AvgIpc) is 2.26. The second-order valence-corrected chi connectivity index (χ2v) is 5.19. The molecule has 0 aliphatic heterocycles. The molecule has 1 aliphatic carbocycles. The number of hydrogen-bond acceptors (Lipinski definition) is 2. The van der Waals surface area contributed by atoms with E-state index in [1.807, 2.05) is 0 Å². The lowest BCUT2D eigenvalue weighted by Crippen LogP contribution is -2.41. The molecule has 88 valence electrons. The summed E-state index contributed by atoms with van der Waals surface area (Å²) in [5.74, 6) is 0. The molecular weight excluding hydrogens is 198 g/mol. The lowest BCUT2D eigenvalue weighted by Gasteiger charge is -2.36. The maximum Gasteiger partial charge on any atom is 0.0541 e. The summed E-state index contributed by atoms with van der Waals surface area (Å²) >= 11 is 0. The minimum absolute atomic E-state index is 0.150. The highest BCUT2D eigenvalue weighted by Crippen LogP contribution is 2.35. The number of benzene rings is 1. The summed E-state index contributed by atoms with van der Waals surface area (Å²) in [4.78, 5) is 0. The first kappa shape index (κ1) is 11.6. The number of rotatable bonds is 1. The molecular formula is C14H21NO. The molecule has 0 saturated heterocycles. The first-order chi connectivity index (χ1) is 7.51. The summed E-state index contributed by atoms with van der Waals surface area (Å²) in [6.45, 7) is 4.24. The van der Waals surface area contributed by atoms with Gasteiger partial charge in [0.1, 0.15) is 0 Å². The third-order valence-electron chi connectivity index (χ3n) is 3.93. The summed E-state index contributed by atoms with van der Waals surface area (Å²) < 4.78 is 0. The van der Waals surface area contributed by atoms with E-state index in [1.54, 1.807) is 0 Å². The predicted octanol–water partition coefficient (Wildman–Crippen LogP) is 2.39. The van der Waals surface area contributed by atoms with Gasteiger partial charge < -0.3 is 10.8 Å². The fraction of sp³-hybridized carbons (Fsp3) is 0.571. The molecule has 3 N–H and O–H groups in total. The molecule has 1 saturated carbocycles. The van der Waals surface area contributed by atoms with Crippen molar-refractivity contribution in [2.75, 3.05) is 0 Å². The van der Waals surface area contributed by atoms with E-state index >= 15 is 0 Å². The van der Waals surface area contributed by atoms with Crippen LogP contribution in [0.2, 0.25) is 0 Å². The molecule has 0 radical (unpaired) electrons. The van der Waals surface area contributed by atoms with Crippen LogP contribution in [0.5, 0.6) is 0 Å². The van der Waals surface area contributed by atoms with Gasteiger partial charge in [0.05, 0.1) is 6.10 Å². The number of aryl methyl sites for hydroxylation is 2. The van der Waals surface area contributed by atoms with Crippen LogP contribution in [0.15, 0.2) is 18.2 Å². The minimum Gasteiger partial charge on any atom is -0.393 e. The Morgan fingerprint density at radius 2 is 1.81 bits per heavy atom. The van der Waals surface area contributed by atoms with E-state index in [-0.39, 0.29) is 11.6 Å². The summed E-state index contributed by atoms with van der Waals surface area (Å²) in [6.07, 6.45) is 3.27.